The molecule has 4 nitrogen and oxygen atoms in total. The lowest BCUT2D eigenvalue weighted by Crippen LogP contribution is -2.47. The fourth-order valence-electron chi connectivity index (χ4n) is 2.51. The van der Waals surface area contributed by atoms with Crippen LogP contribution in [-0.2, 0) is 9.59 Å². The third-order valence-corrected chi connectivity index (χ3v) is 3.83. The van der Waals surface area contributed by atoms with Crippen molar-refractivity contribution in [3.05, 3.63) is 0 Å². The molecule has 1 heterocycles. The molecule has 1 saturated heterocycles. The highest BCUT2D eigenvalue weighted by Gasteiger charge is 2.34. The number of nitrogens with zero attached hydrogens (tertiary/aromatic N) is 2. The Morgan fingerprint density at radius 2 is 1.84 bits per heavy atom. The van der Waals surface area contributed by atoms with Crippen LogP contribution in [0.1, 0.15) is 52.4 Å². The average molecular weight is 268 g/mol. The third kappa shape index (κ3) is 4.51. The monoisotopic (exact) mass is 268 g/mol. The van der Waals surface area contributed by atoms with Crippen LogP contribution < -0.4 is 0 Å². The SMILES string of the molecule is CCCCN(CCCC)C(=O)[C@H]1CCCN(C)C1=O. The van der Waals surface area contributed by atoms with Crippen LogP contribution in [0, 0.1) is 5.92 Å². The summed E-state index contributed by atoms with van der Waals surface area (Å²) in [6.45, 7) is 6.63. The summed E-state index contributed by atoms with van der Waals surface area (Å²) in [7, 11) is 1.80. The molecular formula is C15H28N2O2. The molecule has 0 aromatic carbocycles. The molecule has 1 aliphatic heterocycles. The number of hydrogen-bond acceptors (Lipinski definition) is 2. The van der Waals surface area contributed by atoms with E-state index in [1.54, 1.807) is 11.9 Å². The molecule has 0 aliphatic carbocycles. The summed E-state index contributed by atoms with van der Waals surface area (Å²) in [6.07, 6.45) is 5.85. The molecule has 1 atom stereocenters. The van der Waals surface area contributed by atoms with Crippen LogP contribution in [0.3, 0.4) is 0 Å². The van der Waals surface area contributed by atoms with Gasteiger partial charge in [0.2, 0.25) is 11.8 Å². The zero-order valence-electron chi connectivity index (χ0n) is 12.7. The molecule has 0 radical (unpaired) electrons. The Labute approximate surface area is 117 Å². The number of carbonyl (C=O) groups is 2. The predicted molar refractivity (Wildman–Crippen MR) is 76.8 cm³/mol. The van der Waals surface area contributed by atoms with Gasteiger partial charge in [-0.3, -0.25) is 9.59 Å². The first-order chi connectivity index (χ1) is 9.11. The molecule has 0 unspecified atom stereocenters. The van der Waals surface area contributed by atoms with Gasteiger partial charge in [0.15, 0.2) is 0 Å². The smallest absolute Gasteiger partial charge is 0.235 e. The second-order valence-corrected chi connectivity index (χ2v) is 5.49. The fourth-order valence-corrected chi connectivity index (χ4v) is 2.51. The van der Waals surface area contributed by atoms with Crippen molar-refractivity contribution < 1.29 is 9.59 Å². The van der Waals surface area contributed by atoms with Crippen molar-refractivity contribution in [2.75, 3.05) is 26.7 Å². The number of amides is 2. The first-order valence-electron chi connectivity index (χ1n) is 7.65. The maximum absolute atomic E-state index is 12.5. The second kappa shape index (κ2) is 8.18. The van der Waals surface area contributed by atoms with Crippen molar-refractivity contribution in [2.45, 2.75) is 52.4 Å². The number of rotatable bonds is 7. The molecule has 0 aromatic rings. The van der Waals surface area contributed by atoms with Crippen LogP contribution in [0.2, 0.25) is 0 Å². The number of hydrogen-bond donors (Lipinski definition) is 0. The molecular weight excluding hydrogens is 240 g/mol. The highest BCUT2D eigenvalue weighted by Crippen LogP contribution is 2.20. The summed E-state index contributed by atoms with van der Waals surface area (Å²) >= 11 is 0. The van der Waals surface area contributed by atoms with Gasteiger partial charge >= 0.3 is 0 Å². The fraction of sp³-hybridized carbons (Fsp3) is 0.867. The zero-order valence-corrected chi connectivity index (χ0v) is 12.7. The Hall–Kier alpha value is -1.06. The van der Waals surface area contributed by atoms with Crippen LogP contribution in [0.25, 0.3) is 0 Å². The van der Waals surface area contributed by atoms with Crippen LogP contribution in [-0.4, -0.2) is 48.3 Å². The summed E-state index contributed by atoms with van der Waals surface area (Å²) in [6, 6.07) is 0. The van der Waals surface area contributed by atoms with Crippen LogP contribution >= 0.6 is 0 Å². The maximum atomic E-state index is 12.5. The highest BCUT2D eigenvalue weighted by atomic mass is 16.2. The summed E-state index contributed by atoms with van der Waals surface area (Å²) in [5, 5.41) is 0. The minimum Gasteiger partial charge on any atom is -0.345 e. The maximum Gasteiger partial charge on any atom is 0.235 e. The Kier molecular flexibility index (Phi) is 6.89. The van der Waals surface area contributed by atoms with E-state index in [1.807, 2.05) is 4.90 Å². The van der Waals surface area contributed by atoms with Crippen molar-refractivity contribution in [3.8, 4) is 0 Å². The average Bonchev–Trinajstić information content (AvgIpc) is 2.41. The highest BCUT2D eigenvalue weighted by molar-refractivity contribution is 6.00. The van der Waals surface area contributed by atoms with E-state index in [1.165, 1.54) is 0 Å². The minimum atomic E-state index is -0.424. The van der Waals surface area contributed by atoms with E-state index in [2.05, 4.69) is 13.8 Å². The number of likely N-dealkylation sites (tertiary alicyclic amines) is 1. The standard InChI is InChI=1S/C15H28N2O2/c1-4-6-11-17(12-7-5-2)15(19)13-9-8-10-16(3)14(13)18/h13H,4-12H2,1-3H3/t13-/m0/s1. The van der Waals surface area contributed by atoms with Crippen molar-refractivity contribution in [2.24, 2.45) is 5.92 Å². The number of piperidine rings is 1. The molecule has 0 N–H and O–H groups in total. The van der Waals surface area contributed by atoms with Gasteiger partial charge < -0.3 is 9.80 Å². The molecule has 0 spiro atoms. The lowest BCUT2D eigenvalue weighted by Gasteiger charge is -2.32. The predicted octanol–water partition coefficient (Wildman–Crippen LogP) is 2.28. The van der Waals surface area contributed by atoms with E-state index in [-0.39, 0.29) is 11.8 Å². The Morgan fingerprint density at radius 1 is 1.26 bits per heavy atom. The largest absolute Gasteiger partial charge is 0.345 e. The molecule has 0 bridgehead atoms. The van der Waals surface area contributed by atoms with Gasteiger partial charge in [0.05, 0.1) is 0 Å². The van der Waals surface area contributed by atoms with Gasteiger partial charge in [-0.1, -0.05) is 26.7 Å². The molecule has 2 amide bonds. The summed E-state index contributed by atoms with van der Waals surface area (Å²) in [5.41, 5.74) is 0. The molecule has 0 saturated carbocycles. The minimum absolute atomic E-state index is 0.00856. The van der Waals surface area contributed by atoms with Gasteiger partial charge in [-0.2, -0.15) is 0 Å². The Balaban J connectivity index is 2.65. The summed E-state index contributed by atoms with van der Waals surface area (Å²) < 4.78 is 0. The number of unbranched alkanes of at least 4 members (excludes halogenated alkanes) is 2. The number of carbonyl (C=O) groups excluding carboxylic acids is 2. The van der Waals surface area contributed by atoms with E-state index in [0.717, 1.165) is 58.2 Å². The third-order valence-electron chi connectivity index (χ3n) is 3.83. The zero-order chi connectivity index (χ0) is 14.3. The van der Waals surface area contributed by atoms with Crippen molar-refractivity contribution in [1.29, 1.82) is 0 Å². The Bertz CT molecular complexity index is 297. The van der Waals surface area contributed by atoms with Crippen molar-refractivity contribution in [1.82, 2.24) is 9.80 Å². The molecule has 0 aromatic heterocycles. The topological polar surface area (TPSA) is 40.6 Å². The first-order valence-corrected chi connectivity index (χ1v) is 7.65. The lowest BCUT2D eigenvalue weighted by atomic mass is 9.95. The molecule has 110 valence electrons. The van der Waals surface area contributed by atoms with Crippen molar-refractivity contribution in [3.63, 3.8) is 0 Å². The molecule has 1 rings (SSSR count). The van der Waals surface area contributed by atoms with E-state index in [9.17, 15) is 9.59 Å². The van der Waals surface area contributed by atoms with Gasteiger partial charge in [0, 0.05) is 26.7 Å². The quantitative estimate of drug-likeness (QED) is 0.665. The van der Waals surface area contributed by atoms with Gasteiger partial charge in [-0.25, -0.2) is 0 Å². The van der Waals surface area contributed by atoms with E-state index < -0.39 is 5.92 Å². The molecule has 19 heavy (non-hydrogen) atoms. The summed E-state index contributed by atoms with van der Waals surface area (Å²) in [4.78, 5) is 28.3. The molecule has 1 fully saturated rings. The van der Waals surface area contributed by atoms with Gasteiger partial charge in [0.1, 0.15) is 5.92 Å². The van der Waals surface area contributed by atoms with E-state index in [4.69, 9.17) is 0 Å². The van der Waals surface area contributed by atoms with E-state index >= 15 is 0 Å². The van der Waals surface area contributed by atoms with Crippen LogP contribution in [0.5, 0.6) is 0 Å². The van der Waals surface area contributed by atoms with E-state index in [0.29, 0.717) is 0 Å². The van der Waals surface area contributed by atoms with Crippen LogP contribution in [0.4, 0.5) is 0 Å². The van der Waals surface area contributed by atoms with Crippen molar-refractivity contribution >= 4 is 11.8 Å². The summed E-state index contributed by atoms with van der Waals surface area (Å²) in [5.74, 6) is -0.361. The van der Waals surface area contributed by atoms with Crippen LogP contribution in [0.15, 0.2) is 0 Å². The van der Waals surface area contributed by atoms with Gasteiger partial charge in [-0.15, -0.1) is 0 Å². The Morgan fingerprint density at radius 3 is 2.37 bits per heavy atom. The van der Waals surface area contributed by atoms with Gasteiger partial charge in [-0.05, 0) is 25.7 Å². The normalized spacial score (nSPS) is 19.6. The molecule has 4 heteroatoms. The molecule has 1 aliphatic rings. The van der Waals surface area contributed by atoms with Gasteiger partial charge in [0.25, 0.3) is 0 Å². The first kappa shape index (κ1) is 16.0. The lowest BCUT2D eigenvalue weighted by molar-refractivity contribution is -0.149. The second-order valence-electron chi connectivity index (χ2n) is 5.49.